The third-order valence-electron chi connectivity index (χ3n) is 2.00. The average Bonchev–Trinajstić information content (AvgIpc) is 2.82. The monoisotopic (exact) mass is 400 g/mol. The predicted molar refractivity (Wildman–Crippen MR) is 138 cm³/mol. The van der Waals surface area contributed by atoms with Crippen LogP contribution in [-0.4, -0.2) is 14.1 Å². The van der Waals surface area contributed by atoms with E-state index >= 15 is 0 Å². The highest BCUT2D eigenvalue weighted by molar-refractivity contribution is 5.00. The molecule has 0 atom stereocenters. The van der Waals surface area contributed by atoms with Crippen molar-refractivity contribution in [3.8, 4) is 0 Å². The van der Waals surface area contributed by atoms with E-state index in [1.807, 2.05) is 109 Å². The lowest BCUT2D eigenvalue weighted by molar-refractivity contribution is 1.09. The highest BCUT2D eigenvalue weighted by Gasteiger charge is 1.59. The molecule has 3 aromatic carbocycles. The normalized spacial score (nSPS) is 6.62. The lowest BCUT2D eigenvalue weighted by atomic mass is 10.4. The highest BCUT2D eigenvalue weighted by atomic mass is 14.4. The summed E-state index contributed by atoms with van der Waals surface area (Å²) in [6, 6.07) is 36.0. The van der Waals surface area contributed by atoms with Crippen molar-refractivity contribution in [1.82, 2.24) is 0 Å². The Morgan fingerprint density at radius 3 is 0.379 bits per heavy atom. The Labute approximate surface area is 183 Å². The minimum Gasteiger partial charge on any atom is -0.333 e. The number of hydrogen-bond acceptors (Lipinski definition) is 2. The molecule has 166 valence electrons. The fourth-order valence-electron chi connectivity index (χ4n) is 1.15. The van der Waals surface area contributed by atoms with Gasteiger partial charge in [-0.15, -0.1) is 0 Å². The maximum Gasteiger partial charge on any atom is -0.0195 e. The minimum absolute atomic E-state index is 0. The zero-order valence-corrected chi connectivity index (χ0v) is 19.0. The molecule has 0 saturated heterocycles. The molecule has 4 N–H and O–H groups in total. The van der Waals surface area contributed by atoms with E-state index in [1.165, 1.54) is 26.9 Å². The molecule has 0 aliphatic carbocycles. The van der Waals surface area contributed by atoms with E-state index in [0.29, 0.717) is 0 Å². The van der Waals surface area contributed by atoms with Gasteiger partial charge in [0.25, 0.3) is 0 Å². The Morgan fingerprint density at radius 2 is 0.345 bits per heavy atom. The van der Waals surface area contributed by atoms with Crippen LogP contribution in [-0.2, 0) is 0 Å². The van der Waals surface area contributed by atoms with Crippen LogP contribution in [0.3, 0.4) is 0 Å². The van der Waals surface area contributed by atoms with Crippen LogP contribution in [0.5, 0.6) is 0 Å². The molecule has 0 aromatic heterocycles. The molecule has 0 unspecified atom stereocenters. The van der Waals surface area contributed by atoms with E-state index in [-0.39, 0.29) is 7.43 Å². The SMILES string of the molecule is C.CCC.CCC.CN.CN.c1ccccc1.c1ccccc1.c1ccccc1. The molecule has 0 saturated carbocycles. The maximum absolute atomic E-state index is 4.50. The van der Waals surface area contributed by atoms with Crippen molar-refractivity contribution in [3.05, 3.63) is 109 Å². The largest absolute Gasteiger partial charge is 0.333 e. The first kappa shape index (κ1) is 37.3. The van der Waals surface area contributed by atoms with E-state index in [9.17, 15) is 0 Å². The van der Waals surface area contributed by atoms with Gasteiger partial charge in [0.1, 0.15) is 0 Å². The second-order valence-electron chi connectivity index (χ2n) is 4.88. The summed E-state index contributed by atoms with van der Waals surface area (Å²) in [7, 11) is 3.00. The van der Waals surface area contributed by atoms with Crippen molar-refractivity contribution in [2.45, 2.75) is 48.0 Å². The molecule has 0 radical (unpaired) electrons. The first-order valence-electron chi connectivity index (χ1n) is 9.98. The number of benzene rings is 3. The molecule has 0 aliphatic rings. The van der Waals surface area contributed by atoms with Crippen LogP contribution in [0.25, 0.3) is 0 Å². The Bertz CT molecular complexity index is 327. The van der Waals surface area contributed by atoms with Crippen molar-refractivity contribution < 1.29 is 0 Å². The summed E-state index contributed by atoms with van der Waals surface area (Å²) in [6.45, 7) is 8.50. The summed E-state index contributed by atoms with van der Waals surface area (Å²) < 4.78 is 0. The van der Waals surface area contributed by atoms with E-state index in [1.54, 1.807) is 0 Å². The second kappa shape index (κ2) is 50.0. The number of hydrogen-bond donors (Lipinski definition) is 2. The van der Waals surface area contributed by atoms with Crippen molar-refractivity contribution in [3.63, 3.8) is 0 Å². The van der Waals surface area contributed by atoms with Gasteiger partial charge in [0.2, 0.25) is 0 Å². The summed E-state index contributed by atoms with van der Waals surface area (Å²) in [5, 5.41) is 0. The van der Waals surface area contributed by atoms with Crippen molar-refractivity contribution in [1.29, 1.82) is 0 Å². The Kier molecular flexibility index (Phi) is 64.4. The summed E-state index contributed by atoms with van der Waals surface area (Å²) in [6.07, 6.45) is 2.50. The molecule has 29 heavy (non-hydrogen) atoms. The standard InChI is InChI=1S/3C6H6.2C3H8.2CH5N.CH4/c3*1-2-4-6-5-3-1;2*1-3-2;2*1-2;/h3*1-6H;2*3H2,1-2H3;2*2H2,1H3;1H4. The molecular weight excluding hydrogens is 352 g/mol. The first-order chi connectivity index (χ1) is 13.8. The van der Waals surface area contributed by atoms with E-state index in [2.05, 4.69) is 39.2 Å². The van der Waals surface area contributed by atoms with Crippen molar-refractivity contribution in [2.75, 3.05) is 14.1 Å². The van der Waals surface area contributed by atoms with Gasteiger partial charge in [-0.2, -0.15) is 0 Å². The first-order valence-corrected chi connectivity index (χ1v) is 9.98. The van der Waals surface area contributed by atoms with Gasteiger partial charge in [-0.3, -0.25) is 0 Å². The summed E-state index contributed by atoms with van der Waals surface area (Å²) in [5.41, 5.74) is 9.00. The quantitative estimate of drug-likeness (QED) is 0.406. The van der Waals surface area contributed by atoms with Crippen LogP contribution in [0, 0.1) is 0 Å². The minimum atomic E-state index is 0. The van der Waals surface area contributed by atoms with Crippen LogP contribution < -0.4 is 11.5 Å². The number of nitrogens with two attached hydrogens (primary N) is 2. The smallest absolute Gasteiger partial charge is 0.0195 e. The third-order valence-corrected chi connectivity index (χ3v) is 2.00. The summed E-state index contributed by atoms with van der Waals surface area (Å²) in [4.78, 5) is 0. The molecule has 2 nitrogen and oxygen atoms in total. The predicted octanol–water partition coefficient (Wildman–Crippen LogP) is 7.68. The van der Waals surface area contributed by atoms with E-state index < -0.39 is 0 Å². The van der Waals surface area contributed by atoms with Gasteiger partial charge in [0, 0.05) is 0 Å². The lowest BCUT2D eigenvalue weighted by Crippen LogP contribution is -1.69. The van der Waals surface area contributed by atoms with Crippen molar-refractivity contribution in [2.24, 2.45) is 11.5 Å². The van der Waals surface area contributed by atoms with E-state index in [4.69, 9.17) is 0 Å². The fraction of sp³-hybridized carbons (Fsp3) is 0.333. The zero-order chi connectivity index (χ0) is 22.1. The van der Waals surface area contributed by atoms with Gasteiger partial charge in [0.05, 0.1) is 0 Å². The van der Waals surface area contributed by atoms with Crippen LogP contribution >= 0.6 is 0 Å². The Hall–Kier alpha value is -2.42. The molecule has 0 spiro atoms. The highest BCUT2D eigenvalue weighted by Crippen LogP contribution is 1.81. The molecule has 2 heteroatoms. The van der Waals surface area contributed by atoms with Crippen LogP contribution in [0.4, 0.5) is 0 Å². The summed E-state index contributed by atoms with van der Waals surface area (Å²) in [5.74, 6) is 0. The topological polar surface area (TPSA) is 52.0 Å². The fourth-order valence-corrected chi connectivity index (χ4v) is 1.15. The van der Waals surface area contributed by atoms with Crippen LogP contribution in [0.1, 0.15) is 48.0 Å². The second-order valence-corrected chi connectivity index (χ2v) is 4.88. The number of rotatable bonds is 0. The Balaban J connectivity index is -0.0000000808. The average molecular weight is 401 g/mol. The molecule has 0 heterocycles. The Morgan fingerprint density at radius 1 is 0.310 bits per heavy atom. The molecule has 0 aliphatic heterocycles. The van der Waals surface area contributed by atoms with Crippen LogP contribution in [0.2, 0.25) is 0 Å². The van der Waals surface area contributed by atoms with Gasteiger partial charge < -0.3 is 11.5 Å². The van der Waals surface area contributed by atoms with Gasteiger partial charge in [-0.05, 0) is 14.1 Å². The molecule has 0 fully saturated rings. The summed E-state index contributed by atoms with van der Waals surface area (Å²) >= 11 is 0. The van der Waals surface area contributed by atoms with Gasteiger partial charge in [0.15, 0.2) is 0 Å². The van der Waals surface area contributed by atoms with Crippen LogP contribution in [0.15, 0.2) is 109 Å². The van der Waals surface area contributed by atoms with Gasteiger partial charge >= 0.3 is 0 Å². The van der Waals surface area contributed by atoms with Gasteiger partial charge in [-0.1, -0.05) is 157 Å². The molecule has 3 rings (SSSR count). The zero-order valence-electron chi connectivity index (χ0n) is 19.0. The molecule has 3 aromatic rings. The lowest BCUT2D eigenvalue weighted by Gasteiger charge is -1.69. The molecule has 0 bridgehead atoms. The van der Waals surface area contributed by atoms with Gasteiger partial charge in [-0.25, -0.2) is 0 Å². The maximum atomic E-state index is 4.50. The van der Waals surface area contributed by atoms with Crippen molar-refractivity contribution >= 4 is 0 Å². The van der Waals surface area contributed by atoms with E-state index in [0.717, 1.165) is 0 Å². The third kappa shape index (κ3) is 58.6. The molecular formula is C27H48N2. The molecule has 0 amide bonds.